The third-order valence-electron chi connectivity index (χ3n) is 4.81. The van der Waals surface area contributed by atoms with E-state index in [4.69, 9.17) is 0 Å². The fourth-order valence-corrected chi connectivity index (χ4v) is 3.51. The van der Waals surface area contributed by atoms with E-state index in [1.807, 2.05) is 0 Å². The van der Waals surface area contributed by atoms with Crippen LogP contribution >= 0.6 is 0 Å². The summed E-state index contributed by atoms with van der Waals surface area (Å²) >= 11 is 0. The molecule has 0 atom stereocenters. The van der Waals surface area contributed by atoms with Crippen molar-refractivity contribution in [1.29, 1.82) is 0 Å². The van der Waals surface area contributed by atoms with E-state index in [1.54, 1.807) is 42.5 Å². The van der Waals surface area contributed by atoms with Crippen LogP contribution in [-0.4, -0.2) is 11.7 Å². The maximum atomic E-state index is 14.3. The Morgan fingerprint density at radius 1 is 1.04 bits per heavy atom. The molecule has 1 N–H and O–H groups in total. The summed E-state index contributed by atoms with van der Waals surface area (Å²) in [5.41, 5.74) is 0.731. The van der Waals surface area contributed by atoms with Crippen LogP contribution in [0.3, 0.4) is 0 Å². The first kappa shape index (κ1) is 16.4. The molecule has 124 valence electrons. The first-order chi connectivity index (χ1) is 11.5. The van der Waals surface area contributed by atoms with Gasteiger partial charge in [-0.15, -0.1) is 0 Å². The van der Waals surface area contributed by atoms with Gasteiger partial charge in [0.05, 0.1) is 5.41 Å². The van der Waals surface area contributed by atoms with E-state index in [0.717, 1.165) is 12.8 Å². The molecule has 3 nitrogen and oxygen atoms in total. The van der Waals surface area contributed by atoms with Crippen molar-refractivity contribution in [1.82, 2.24) is 0 Å². The van der Waals surface area contributed by atoms with Gasteiger partial charge in [0.2, 0.25) is 5.91 Å². The van der Waals surface area contributed by atoms with Gasteiger partial charge in [-0.1, -0.05) is 43.2 Å². The minimum Gasteiger partial charge on any atom is -0.325 e. The quantitative estimate of drug-likeness (QED) is 0.843. The first-order valence-corrected chi connectivity index (χ1v) is 8.20. The van der Waals surface area contributed by atoms with Gasteiger partial charge >= 0.3 is 0 Å². The Hall–Kier alpha value is -2.49. The maximum Gasteiger partial charge on any atom is 0.235 e. The molecule has 0 bridgehead atoms. The maximum absolute atomic E-state index is 14.3. The molecular weight excluding hydrogens is 305 g/mol. The smallest absolute Gasteiger partial charge is 0.235 e. The second kappa shape index (κ2) is 6.56. The number of halogens is 1. The summed E-state index contributed by atoms with van der Waals surface area (Å²) in [5, 5.41) is 2.89. The van der Waals surface area contributed by atoms with E-state index in [9.17, 15) is 14.0 Å². The highest BCUT2D eigenvalue weighted by atomic mass is 19.1. The number of hydrogen-bond donors (Lipinski definition) is 1. The number of rotatable bonds is 4. The topological polar surface area (TPSA) is 46.2 Å². The van der Waals surface area contributed by atoms with E-state index in [1.165, 1.54) is 13.0 Å². The monoisotopic (exact) mass is 325 g/mol. The van der Waals surface area contributed by atoms with Gasteiger partial charge in [0, 0.05) is 16.8 Å². The van der Waals surface area contributed by atoms with Crippen LogP contribution in [-0.2, 0) is 10.2 Å². The van der Waals surface area contributed by atoms with Crippen LogP contribution in [0, 0.1) is 5.82 Å². The van der Waals surface area contributed by atoms with Gasteiger partial charge in [0.25, 0.3) is 0 Å². The number of carbonyl (C=O) groups is 2. The van der Waals surface area contributed by atoms with Crippen molar-refractivity contribution >= 4 is 17.4 Å². The highest BCUT2D eigenvalue weighted by Gasteiger charge is 2.44. The highest BCUT2D eigenvalue weighted by Crippen LogP contribution is 2.43. The van der Waals surface area contributed by atoms with Gasteiger partial charge in [-0.2, -0.15) is 0 Å². The van der Waals surface area contributed by atoms with E-state index >= 15 is 0 Å². The molecule has 0 radical (unpaired) electrons. The number of carbonyl (C=O) groups excluding carboxylic acids is 2. The highest BCUT2D eigenvalue weighted by molar-refractivity contribution is 6.01. The predicted octanol–water partition coefficient (Wildman–Crippen LogP) is 4.48. The van der Waals surface area contributed by atoms with Gasteiger partial charge in [-0.25, -0.2) is 4.39 Å². The van der Waals surface area contributed by atoms with Crippen LogP contribution in [0.15, 0.2) is 48.5 Å². The number of anilines is 1. The lowest BCUT2D eigenvalue weighted by atomic mass is 9.77. The fraction of sp³-hybridized carbons (Fsp3) is 0.300. The standard InChI is InChI=1S/C20H20FNO2/c1-14(23)15-7-6-8-16(13-15)22-19(24)20(11-4-5-12-20)17-9-2-3-10-18(17)21/h2-3,6-10,13H,4-5,11-12H2,1H3,(H,22,24). The lowest BCUT2D eigenvalue weighted by Crippen LogP contribution is -2.38. The summed E-state index contributed by atoms with van der Waals surface area (Å²) in [6, 6.07) is 13.3. The Morgan fingerprint density at radius 3 is 2.42 bits per heavy atom. The molecule has 2 aromatic carbocycles. The largest absolute Gasteiger partial charge is 0.325 e. The molecule has 4 heteroatoms. The Bertz CT molecular complexity index is 779. The molecule has 0 saturated heterocycles. The third-order valence-corrected chi connectivity index (χ3v) is 4.81. The van der Waals surface area contributed by atoms with Crippen LogP contribution in [0.1, 0.15) is 48.5 Å². The summed E-state index contributed by atoms with van der Waals surface area (Å²) in [7, 11) is 0. The minimum atomic E-state index is -0.836. The molecule has 0 unspecified atom stereocenters. The molecule has 0 spiro atoms. The molecule has 0 heterocycles. The van der Waals surface area contributed by atoms with Crippen LogP contribution in [0.4, 0.5) is 10.1 Å². The molecular formula is C20H20FNO2. The summed E-state index contributed by atoms with van der Waals surface area (Å²) in [6.07, 6.45) is 3.06. The SMILES string of the molecule is CC(=O)c1cccc(NC(=O)C2(c3ccccc3F)CCCC2)c1. The van der Waals surface area contributed by atoms with Crippen molar-refractivity contribution in [3.63, 3.8) is 0 Å². The molecule has 0 aliphatic heterocycles. The minimum absolute atomic E-state index is 0.0595. The van der Waals surface area contributed by atoms with Gasteiger partial charge in [0.1, 0.15) is 5.82 Å². The first-order valence-electron chi connectivity index (χ1n) is 8.20. The molecule has 1 amide bonds. The number of hydrogen-bond acceptors (Lipinski definition) is 2. The average Bonchev–Trinajstić information content (AvgIpc) is 3.06. The number of amides is 1. The van der Waals surface area contributed by atoms with Crippen molar-refractivity contribution < 1.29 is 14.0 Å². The van der Waals surface area contributed by atoms with Crippen LogP contribution in [0.5, 0.6) is 0 Å². The lowest BCUT2D eigenvalue weighted by molar-refractivity contribution is -0.121. The van der Waals surface area contributed by atoms with Crippen molar-refractivity contribution in [2.45, 2.75) is 38.0 Å². The molecule has 1 fully saturated rings. The Labute approximate surface area is 140 Å². The Balaban J connectivity index is 1.93. The van der Waals surface area contributed by atoms with Crippen LogP contribution in [0.2, 0.25) is 0 Å². The molecule has 1 aliphatic rings. The van der Waals surface area contributed by atoms with E-state index in [2.05, 4.69) is 5.32 Å². The van der Waals surface area contributed by atoms with Gasteiger partial charge in [-0.05, 0) is 38.0 Å². The third kappa shape index (κ3) is 2.96. The molecule has 24 heavy (non-hydrogen) atoms. The Morgan fingerprint density at radius 2 is 1.75 bits per heavy atom. The fourth-order valence-electron chi connectivity index (χ4n) is 3.51. The van der Waals surface area contributed by atoms with Gasteiger partial charge < -0.3 is 5.32 Å². The molecule has 0 aromatic heterocycles. The summed E-state index contributed by atoms with van der Waals surface area (Å²) in [6.45, 7) is 1.48. The van der Waals surface area contributed by atoms with Crippen molar-refractivity contribution in [3.8, 4) is 0 Å². The second-order valence-electron chi connectivity index (χ2n) is 6.36. The lowest BCUT2D eigenvalue weighted by Gasteiger charge is -2.28. The van der Waals surface area contributed by atoms with Gasteiger partial charge in [0.15, 0.2) is 5.78 Å². The van der Waals surface area contributed by atoms with Crippen LogP contribution < -0.4 is 5.32 Å². The Kier molecular flexibility index (Phi) is 4.47. The second-order valence-corrected chi connectivity index (χ2v) is 6.36. The summed E-state index contributed by atoms with van der Waals surface area (Å²) in [5.74, 6) is -0.603. The molecule has 3 rings (SSSR count). The zero-order valence-corrected chi connectivity index (χ0v) is 13.6. The van der Waals surface area contributed by atoms with Crippen molar-refractivity contribution in [2.75, 3.05) is 5.32 Å². The molecule has 1 saturated carbocycles. The van der Waals surface area contributed by atoms with Crippen LogP contribution in [0.25, 0.3) is 0 Å². The number of nitrogens with one attached hydrogen (secondary N) is 1. The summed E-state index contributed by atoms with van der Waals surface area (Å²) < 4.78 is 14.3. The summed E-state index contributed by atoms with van der Waals surface area (Å²) in [4.78, 5) is 24.5. The number of ketones is 1. The average molecular weight is 325 g/mol. The van der Waals surface area contributed by atoms with Crippen molar-refractivity contribution in [2.24, 2.45) is 0 Å². The predicted molar refractivity (Wildman–Crippen MR) is 91.6 cm³/mol. The zero-order valence-electron chi connectivity index (χ0n) is 13.6. The number of benzene rings is 2. The normalized spacial score (nSPS) is 15.9. The van der Waals surface area contributed by atoms with Crippen molar-refractivity contribution in [3.05, 3.63) is 65.5 Å². The van der Waals surface area contributed by atoms with E-state index in [0.29, 0.717) is 29.7 Å². The van der Waals surface area contributed by atoms with Gasteiger partial charge in [-0.3, -0.25) is 9.59 Å². The van der Waals surface area contributed by atoms with E-state index in [-0.39, 0.29) is 17.5 Å². The van der Waals surface area contributed by atoms with E-state index < -0.39 is 5.41 Å². The zero-order chi connectivity index (χ0) is 17.2. The molecule has 2 aromatic rings. The number of Topliss-reactive ketones (excluding diaryl/α,β-unsaturated/α-hetero) is 1. The molecule has 1 aliphatic carbocycles.